The second-order valence-corrected chi connectivity index (χ2v) is 5.66. The Morgan fingerprint density at radius 1 is 1.05 bits per heavy atom. The van der Waals surface area contributed by atoms with E-state index in [2.05, 4.69) is 0 Å². The third kappa shape index (κ3) is 2.64. The topological polar surface area (TPSA) is 74.8 Å². The highest BCUT2D eigenvalue weighted by molar-refractivity contribution is 6.45. The summed E-state index contributed by atoms with van der Waals surface area (Å²) in [6.45, 7) is 6.66. The maximum absolute atomic E-state index is 12.3. The fraction of sp³-hybridized carbons (Fsp3) is 0.375. The van der Waals surface area contributed by atoms with E-state index in [0.29, 0.717) is 10.5 Å². The summed E-state index contributed by atoms with van der Waals surface area (Å²) in [5.74, 6) is -2.20. The molecule has 1 aromatic carbocycles. The minimum Gasteiger partial charge on any atom is -0.292 e. The SMILES string of the molecule is Cc1ccc(C(=O)CN2C(=O)C(=O)N(C(C)C)C2=O)cc1C. The number of hydrogen-bond donors (Lipinski definition) is 0. The maximum Gasteiger partial charge on any atom is 0.334 e. The summed E-state index contributed by atoms with van der Waals surface area (Å²) in [6, 6.07) is 4.01. The van der Waals surface area contributed by atoms with Crippen molar-refractivity contribution in [2.75, 3.05) is 6.54 Å². The lowest BCUT2D eigenvalue weighted by Gasteiger charge is -2.18. The van der Waals surface area contributed by atoms with Gasteiger partial charge >= 0.3 is 17.8 Å². The molecule has 1 aliphatic rings. The molecule has 22 heavy (non-hydrogen) atoms. The molecule has 116 valence electrons. The average molecular weight is 302 g/mol. The molecule has 1 heterocycles. The van der Waals surface area contributed by atoms with E-state index < -0.39 is 30.4 Å². The van der Waals surface area contributed by atoms with E-state index in [9.17, 15) is 19.2 Å². The van der Waals surface area contributed by atoms with Gasteiger partial charge in [-0.1, -0.05) is 12.1 Å². The van der Waals surface area contributed by atoms with Gasteiger partial charge in [-0.3, -0.25) is 19.3 Å². The van der Waals surface area contributed by atoms with Crippen LogP contribution >= 0.6 is 0 Å². The molecule has 0 spiro atoms. The number of aryl methyl sites for hydroxylation is 2. The fourth-order valence-corrected chi connectivity index (χ4v) is 2.27. The Bertz CT molecular complexity index is 679. The molecule has 0 atom stereocenters. The standard InChI is InChI=1S/C16H18N2O4/c1-9(2)18-15(21)14(20)17(16(18)22)8-13(19)12-6-5-10(3)11(4)7-12/h5-7,9H,8H2,1-4H3. The van der Waals surface area contributed by atoms with Crippen LogP contribution in [0.3, 0.4) is 0 Å². The molecule has 1 aliphatic heterocycles. The maximum atomic E-state index is 12.3. The van der Waals surface area contributed by atoms with Crippen LogP contribution in [0.15, 0.2) is 18.2 Å². The van der Waals surface area contributed by atoms with Crippen LogP contribution in [0.4, 0.5) is 4.79 Å². The molecule has 0 unspecified atom stereocenters. The molecule has 0 saturated carbocycles. The quantitative estimate of drug-likeness (QED) is 0.482. The van der Waals surface area contributed by atoms with Gasteiger partial charge in [-0.05, 0) is 44.9 Å². The van der Waals surface area contributed by atoms with Crippen molar-refractivity contribution < 1.29 is 19.2 Å². The minimum atomic E-state index is -0.948. The Morgan fingerprint density at radius 2 is 1.68 bits per heavy atom. The van der Waals surface area contributed by atoms with E-state index in [0.717, 1.165) is 16.0 Å². The van der Waals surface area contributed by atoms with Crippen molar-refractivity contribution in [3.63, 3.8) is 0 Å². The Labute approximate surface area is 128 Å². The van der Waals surface area contributed by atoms with Gasteiger partial charge in [0.15, 0.2) is 5.78 Å². The van der Waals surface area contributed by atoms with Crippen molar-refractivity contribution in [1.82, 2.24) is 9.80 Å². The van der Waals surface area contributed by atoms with Crippen molar-refractivity contribution in [3.8, 4) is 0 Å². The summed E-state index contributed by atoms with van der Waals surface area (Å²) in [5.41, 5.74) is 2.41. The van der Waals surface area contributed by atoms with Crippen LogP contribution in [0.2, 0.25) is 0 Å². The van der Waals surface area contributed by atoms with Gasteiger partial charge in [0.05, 0.1) is 6.54 Å². The number of carbonyl (C=O) groups is 4. The first-order chi connectivity index (χ1) is 10.2. The van der Waals surface area contributed by atoms with Gasteiger partial charge in [0.25, 0.3) is 0 Å². The first kappa shape index (κ1) is 15.9. The number of amides is 4. The smallest absolute Gasteiger partial charge is 0.292 e. The Kier molecular flexibility index (Phi) is 4.12. The highest BCUT2D eigenvalue weighted by Crippen LogP contribution is 2.17. The molecular formula is C16H18N2O4. The molecule has 2 rings (SSSR count). The van der Waals surface area contributed by atoms with Crippen LogP contribution in [-0.4, -0.2) is 46.0 Å². The number of ketones is 1. The van der Waals surface area contributed by atoms with Crippen LogP contribution in [0, 0.1) is 13.8 Å². The molecule has 6 heteroatoms. The molecule has 1 saturated heterocycles. The first-order valence-corrected chi connectivity index (χ1v) is 7.03. The van der Waals surface area contributed by atoms with E-state index in [-0.39, 0.29) is 5.78 Å². The molecule has 0 bridgehead atoms. The summed E-state index contributed by atoms with van der Waals surface area (Å²) in [6.07, 6.45) is 0. The second kappa shape index (κ2) is 5.71. The predicted octanol–water partition coefficient (Wildman–Crippen LogP) is 1.69. The average Bonchev–Trinajstić information content (AvgIpc) is 2.65. The Balaban J connectivity index is 2.21. The number of Topliss-reactive ketones (excluding diaryl/α,β-unsaturated/α-hetero) is 1. The van der Waals surface area contributed by atoms with Crippen LogP contribution in [0.25, 0.3) is 0 Å². The minimum absolute atomic E-state index is 0.372. The Morgan fingerprint density at radius 3 is 2.18 bits per heavy atom. The van der Waals surface area contributed by atoms with E-state index in [1.54, 1.807) is 26.0 Å². The lowest BCUT2D eigenvalue weighted by molar-refractivity contribution is -0.143. The summed E-state index contributed by atoms with van der Waals surface area (Å²) in [7, 11) is 0. The zero-order chi connectivity index (χ0) is 16.6. The van der Waals surface area contributed by atoms with Crippen molar-refractivity contribution in [2.24, 2.45) is 0 Å². The number of rotatable bonds is 4. The number of nitrogens with zero attached hydrogens (tertiary/aromatic N) is 2. The van der Waals surface area contributed by atoms with Gasteiger partial charge in [-0.2, -0.15) is 0 Å². The third-order valence-corrected chi connectivity index (χ3v) is 3.73. The molecule has 0 aromatic heterocycles. The molecule has 0 N–H and O–H groups in total. The molecule has 1 aromatic rings. The zero-order valence-corrected chi connectivity index (χ0v) is 13.0. The monoisotopic (exact) mass is 302 g/mol. The molecular weight excluding hydrogens is 284 g/mol. The van der Waals surface area contributed by atoms with Gasteiger partial charge in [0, 0.05) is 11.6 Å². The van der Waals surface area contributed by atoms with Gasteiger partial charge in [0.2, 0.25) is 0 Å². The second-order valence-electron chi connectivity index (χ2n) is 5.66. The predicted molar refractivity (Wildman–Crippen MR) is 79.3 cm³/mol. The van der Waals surface area contributed by atoms with Crippen LogP contribution in [-0.2, 0) is 9.59 Å². The van der Waals surface area contributed by atoms with Crippen LogP contribution in [0.1, 0.15) is 35.3 Å². The normalized spacial score (nSPS) is 15.2. The lowest BCUT2D eigenvalue weighted by atomic mass is 10.0. The first-order valence-electron chi connectivity index (χ1n) is 7.03. The summed E-state index contributed by atoms with van der Waals surface area (Å²) in [4.78, 5) is 49.6. The summed E-state index contributed by atoms with van der Waals surface area (Å²) in [5, 5.41) is 0. The van der Waals surface area contributed by atoms with Crippen LogP contribution < -0.4 is 0 Å². The molecule has 0 aliphatic carbocycles. The highest BCUT2D eigenvalue weighted by atomic mass is 16.2. The number of hydrogen-bond acceptors (Lipinski definition) is 4. The van der Waals surface area contributed by atoms with Crippen LogP contribution in [0.5, 0.6) is 0 Å². The Hall–Kier alpha value is -2.50. The molecule has 1 fully saturated rings. The van der Waals surface area contributed by atoms with Gasteiger partial charge in [-0.15, -0.1) is 0 Å². The third-order valence-electron chi connectivity index (χ3n) is 3.73. The molecule has 0 radical (unpaired) electrons. The number of urea groups is 1. The van der Waals surface area contributed by atoms with Gasteiger partial charge in [-0.25, -0.2) is 9.69 Å². The van der Waals surface area contributed by atoms with Gasteiger partial charge in [0.1, 0.15) is 0 Å². The molecule has 4 amide bonds. The van der Waals surface area contributed by atoms with Crippen molar-refractivity contribution in [2.45, 2.75) is 33.7 Å². The number of benzene rings is 1. The summed E-state index contributed by atoms with van der Waals surface area (Å²) < 4.78 is 0. The van der Waals surface area contributed by atoms with E-state index in [1.165, 1.54) is 0 Å². The summed E-state index contributed by atoms with van der Waals surface area (Å²) >= 11 is 0. The van der Waals surface area contributed by atoms with E-state index in [4.69, 9.17) is 0 Å². The zero-order valence-electron chi connectivity index (χ0n) is 13.0. The fourth-order valence-electron chi connectivity index (χ4n) is 2.27. The van der Waals surface area contributed by atoms with Crippen molar-refractivity contribution in [3.05, 3.63) is 34.9 Å². The van der Waals surface area contributed by atoms with Crippen molar-refractivity contribution >= 4 is 23.6 Å². The largest absolute Gasteiger partial charge is 0.334 e. The lowest BCUT2D eigenvalue weighted by Crippen LogP contribution is -2.39. The van der Waals surface area contributed by atoms with Crippen molar-refractivity contribution in [1.29, 1.82) is 0 Å². The van der Waals surface area contributed by atoms with E-state index in [1.807, 2.05) is 19.9 Å². The van der Waals surface area contributed by atoms with Gasteiger partial charge < -0.3 is 0 Å². The highest BCUT2D eigenvalue weighted by Gasteiger charge is 2.46. The number of carbonyl (C=O) groups excluding carboxylic acids is 4. The molecule has 6 nitrogen and oxygen atoms in total. The van der Waals surface area contributed by atoms with E-state index >= 15 is 0 Å². The number of imide groups is 2.